The second kappa shape index (κ2) is 5.17. The van der Waals surface area contributed by atoms with Crippen LogP contribution in [0.4, 0.5) is 0 Å². The highest BCUT2D eigenvalue weighted by Crippen LogP contribution is 1.87. The van der Waals surface area contributed by atoms with Crippen molar-refractivity contribution >= 4 is 24.5 Å². The molecule has 1 aromatic rings. The maximum atomic E-state index is 8.76. The van der Waals surface area contributed by atoms with Crippen molar-refractivity contribution in [2.45, 2.75) is 0 Å². The van der Waals surface area contributed by atoms with E-state index in [9.17, 15) is 0 Å². The van der Waals surface area contributed by atoms with Gasteiger partial charge in [0.1, 0.15) is 43.3 Å². The molecular weight excluding hydrogens is 211 g/mol. The molecule has 0 radical (unpaired) electrons. The Morgan fingerprint density at radius 2 is 1.41 bits per heavy atom. The molecule has 0 amide bonds. The SMILES string of the molecule is Bc1cc(=C(C#N)C#N)ccc1=C(C#N)C#N. The van der Waals surface area contributed by atoms with Crippen LogP contribution in [0, 0.1) is 45.3 Å². The highest BCUT2D eigenvalue weighted by molar-refractivity contribution is 6.32. The Morgan fingerprint density at radius 3 is 1.82 bits per heavy atom. The number of nitriles is 4. The molecular formula is C12H5BN4. The summed E-state index contributed by atoms with van der Waals surface area (Å²) in [7, 11) is 1.72. The first-order valence-electron chi connectivity index (χ1n) is 4.63. The molecule has 17 heavy (non-hydrogen) atoms. The van der Waals surface area contributed by atoms with E-state index in [0.29, 0.717) is 15.9 Å². The summed E-state index contributed by atoms with van der Waals surface area (Å²) < 4.78 is 0. The molecule has 0 spiro atoms. The third kappa shape index (κ3) is 2.32. The number of benzene rings is 1. The van der Waals surface area contributed by atoms with Crippen molar-refractivity contribution in [1.29, 1.82) is 21.0 Å². The predicted octanol–water partition coefficient (Wildman–Crippen LogP) is -1.66. The molecule has 0 saturated heterocycles. The van der Waals surface area contributed by atoms with Gasteiger partial charge in [0.2, 0.25) is 0 Å². The summed E-state index contributed by atoms with van der Waals surface area (Å²) in [4.78, 5) is 0. The van der Waals surface area contributed by atoms with E-state index < -0.39 is 0 Å². The molecule has 0 saturated carbocycles. The summed E-state index contributed by atoms with van der Waals surface area (Å²) in [6.07, 6.45) is 0. The van der Waals surface area contributed by atoms with Crippen molar-refractivity contribution in [3.63, 3.8) is 0 Å². The number of rotatable bonds is 0. The van der Waals surface area contributed by atoms with Crippen molar-refractivity contribution in [3.8, 4) is 24.3 Å². The summed E-state index contributed by atoms with van der Waals surface area (Å²) in [5.74, 6) is 0. The molecule has 0 fully saturated rings. The van der Waals surface area contributed by atoms with E-state index in [4.69, 9.17) is 21.0 Å². The van der Waals surface area contributed by atoms with Gasteiger partial charge >= 0.3 is 0 Å². The third-order valence-electron chi connectivity index (χ3n) is 2.23. The Labute approximate surface area is 99.0 Å². The average molecular weight is 216 g/mol. The smallest absolute Gasteiger partial charge is 0.140 e. The normalized spacial score (nSPS) is 8.00. The minimum Gasteiger partial charge on any atom is -0.192 e. The van der Waals surface area contributed by atoms with Gasteiger partial charge in [0, 0.05) is 5.22 Å². The summed E-state index contributed by atoms with van der Waals surface area (Å²) in [5, 5.41) is 36.0. The second-order valence-corrected chi connectivity index (χ2v) is 3.23. The van der Waals surface area contributed by atoms with Crippen molar-refractivity contribution in [2.24, 2.45) is 0 Å². The molecule has 5 heteroatoms. The van der Waals surface area contributed by atoms with E-state index in [2.05, 4.69) is 0 Å². The molecule has 0 unspecified atom stereocenters. The maximum absolute atomic E-state index is 8.76. The number of hydrogen-bond acceptors (Lipinski definition) is 4. The molecule has 0 bridgehead atoms. The maximum Gasteiger partial charge on any atom is 0.140 e. The lowest BCUT2D eigenvalue weighted by molar-refractivity contribution is 1.47. The van der Waals surface area contributed by atoms with Crippen molar-refractivity contribution in [2.75, 3.05) is 0 Å². The fourth-order valence-electron chi connectivity index (χ4n) is 1.40. The van der Waals surface area contributed by atoms with Gasteiger partial charge in [0.05, 0.1) is 0 Å². The van der Waals surface area contributed by atoms with Crippen molar-refractivity contribution < 1.29 is 0 Å². The van der Waals surface area contributed by atoms with Crippen LogP contribution in [0.15, 0.2) is 18.2 Å². The van der Waals surface area contributed by atoms with Gasteiger partial charge in [-0.05, 0) is 5.22 Å². The van der Waals surface area contributed by atoms with Crippen LogP contribution in [-0.4, -0.2) is 7.85 Å². The molecule has 0 atom stereocenters. The lowest BCUT2D eigenvalue weighted by Gasteiger charge is -1.95. The summed E-state index contributed by atoms with van der Waals surface area (Å²) >= 11 is 0. The largest absolute Gasteiger partial charge is 0.192 e. The molecule has 0 aliphatic carbocycles. The molecule has 4 nitrogen and oxygen atoms in total. The van der Waals surface area contributed by atoms with E-state index >= 15 is 0 Å². The molecule has 0 heterocycles. The molecule has 0 N–H and O–H groups in total. The highest BCUT2D eigenvalue weighted by atomic mass is 14.3. The first-order valence-corrected chi connectivity index (χ1v) is 4.63. The van der Waals surface area contributed by atoms with Gasteiger partial charge in [-0.25, -0.2) is 0 Å². The van der Waals surface area contributed by atoms with E-state index in [1.807, 2.05) is 0 Å². The second-order valence-electron chi connectivity index (χ2n) is 3.23. The summed E-state index contributed by atoms with van der Waals surface area (Å²) in [6.45, 7) is 0. The van der Waals surface area contributed by atoms with Crippen LogP contribution in [0.3, 0.4) is 0 Å². The van der Waals surface area contributed by atoms with Crippen molar-refractivity contribution in [1.82, 2.24) is 0 Å². The van der Waals surface area contributed by atoms with Gasteiger partial charge in [-0.1, -0.05) is 23.7 Å². The first-order chi connectivity index (χ1) is 8.17. The Morgan fingerprint density at radius 1 is 0.882 bits per heavy atom. The van der Waals surface area contributed by atoms with Gasteiger partial charge in [-0.3, -0.25) is 0 Å². The van der Waals surface area contributed by atoms with Crippen molar-refractivity contribution in [3.05, 3.63) is 28.6 Å². The standard InChI is InChI=1S/C12H5BN4/c13-12-3-8(9(4-14)5-15)1-2-11(12)10(6-16)7-17/h1-3H,13H2. The van der Waals surface area contributed by atoms with Crippen LogP contribution in [-0.2, 0) is 0 Å². The Bertz CT molecular complexity index is 716. The van der Waals surface area contributed by atoms with Crippen LogP contribution in [0.2, 0.25) is 0 Å². The van der Waals surface area contributed by atoms with Crippen LogP contribution < -0.4 is 15.9 Å². The van der Waals surface area contributed by atoms with Crippen LogP contribution >= 0.6 is 0 Å². The Balaban J connectivity index is 3.78. The zero-order chi connectivity index (χ0) is 12.8. The molecule has 1 aromatic carbocycles. The molecule has 0 aliphatic heterocycles. The van der Waals surface area contributed by atoms with Gasteiger partial charge in [-0.15, -0.1) is 0 Å². The zero-order valence-electron chi connectivity index (χ0n) is 9.02. The fourth-order valence-corrected chi connectivity index (χ4v) is 1.40. The lowest BCUT2D eigenvalue weighted by Crippen LogP contribution is -2.31. The Hall–Kier alpha value is -3.02. The first kappa shape index (κ1) is 12.1. The highest BCUT2D eigenvalue weighted by Gasteiger charge is 2.00. The monoisotopic (exact) mass is 216 g/mol. The number of hydrogen-bond donors (Lipinski definition) is 0. The lowest BCUT2D eigenvalue weighted by atomic mass is 9.90. The van der Waals surface area contributed by atoms with Gasteiger partial charge < -0.3 is 0 Å². The Kier molecular flexibility index (Phi) is 3.67. The quantitative estimate of drug-likeness (QED) is 0.485. The topological polar surface area (TPSA) is 95.2 Å². The van der Waals surface area contributed by atoms with Gasteiger partial charge in [0.25, 0.3) is 0 Å². The molecule has 76 valence electrons. The number of nitrogens with zero attached hydrogens (tertiary/aromatic N) is 4. The predicted molar refractivity (Wildman–Crippen MR) is 63.1 cm³/mol. The molecule has 0 aliphatic rings. The summed E-state index contributed by atoms with van der Waals surface area (Å²) in [5.41, 5.74) is 0.711. The minimum absolute atomic E-state index is 0.00937. The van der Waals surface area contributed by atoms with E-state index in [0.717, 1.165) is 0 Å². The van der Waals surface area contributed by atoms with Crippen LogP contribution in [0.25, 0.3) is 11.1 Å². The van der Waals surface area contributed by atoms with Crippen LogP contribution in [0.5, 0.6) is 0 Å². The van der Waals surface area contributed by atoms with E-state index in [-0.39, 0.29) is 11.1 Å². The average Bonchev–Trinajstić information content (AvgIpc) is 2.34. The van der Waals surface area contributed by atoms with Gasteiger partial charge in [-0.2, -0.15) is 21.0 Å². The summed E-state index contributed by atoms with van der Waals surface area (Å²) in [6, 6.07) is 11.9. The third-order valence-corrected chi connectivity index (χ3v) is 2.23. The molecule has 0 aromatic heterocycles. The van der Waals surface area contributed by atoms with Gasteiger partial charge in [0.15, 0.2) is 0 Å². The zero-order valence-corrected chi connectivity index (χ0v) is 9.02. The van der Waals surface area contributed by atoms with E-state index in [1.54, 1.807) is 50.3 Å². The molecule has 1 rings (SSSR count). The fraction of sp³-hybridized carbons (Fsp3) is 0. The minimum atomic E-state index is 0.00937. The van der Waals surface area contributed by atoms with Crippen LogP contribution in [0.1, 0.15) is 0 Å². The van der Waals surface area contributed by atoms with E-state index in [1.165, 1.54) is 0 Å².